The topological polar surface area (TPSA) is 70.7 Å². The van der Waals surface area contributed by atoms with Gasteiger partial charge in [-0.25, -0.2) is 4.39 Å². The van der Waals surface area contributed by atoms with Crippen LogP contribution in [-0.4, -0.2) is 15.7 Å². The van der Waals surface area contributed by atoms with E-state index < -0.39 is 11.7 Å². The number of aromatic nitrogens is 2. The van der Waals surface area contributed by atoms with Crippen LogP contribution in [0, 0.1) is 17.1 Å². The lowest BCUT2D eigenvalue weighted by Crippen LogP contribution is -2.13. The molecule has 130 valence electrons. The Hall–Kier alpha value is -2.88. The van der Waals surface area contributed by atoms with Crippen molar-refractivity contribution in [3.8, 4) is 6.07 Å². The second-order valence-corrected chi connectivity index (χ2v) is 6.18. The minimum atomic E-state index is -0.460. The highest BCUT2D eigenvalue weighted by Crippen LogP contribution is 2.24. The number of hydrogen-bond acceptors (Lipinski definition) is 3. The summed E-state index contributed by atoms with van der Waals surface area (Å²) in [6.45, 7) is 0.0605. The lowest BCUT2D eigenvalue weighted by molar-refractivity contribution is 0.102. The highest BCUT2D eigenvalue weighted by atomic mass is 35.5. The van der Waals surface area contributed by atoms with Crippen molar-refractivity contribution >= 4 is 34.9 Å². The van der Waals surface area contributed by atoms with Crippen molar-refractivity contribution in [3.63, 3.8) is 0 Å². The molecule has 1 heterocycles. The van der Waals surface area contributed by atoms with Crippen molar-refractivity contribution in [3.05, 3.63) is 81.2 Å². The van der Waals surface area contributed by atoms with E-state index >= 15 is 0 Å². The van der Waals surface area contributed by atoms with E-state index in [-0.39, 0.29) is 28.0 Å². The second kappa shape index (κ2) is 7.56. The molecule has 8 heteroatoms. The molecule has 0 unspecified atom stereocenters. The van der Waals surface area contributed by atoms with E-state index in [1.165, 1.54) is 29.1 Å². The molecule has 0 spiro atoms. The van der Waals surface area contributed by atoms with E-state index in [2.05, 4.69) is 10.4 Å². The van der Waals surface area contributed by atoms with Crippen LogP contribution in [0.15, 0.2) is 48.7 Å². The summed E-state index contributed by atoms with van der Waals surface area (Å²) in [6.07, 6.45) is 1.46. The van der Waals surface area contributed by atoms with Crippen LogP contribution in [0.5, 0.6) is 0 Å². The van der Waals surface area contributed by atoms with Crippen molar-refractivity contribution in [2.45, 2.75) is 6.54 Å². The Morgan fingerprint density at radius 1 is 1.23 bits per heavy atom. The molecule has 2 aromatic carbocycles. The van der Waals surface area contributed by atoms with Gasteiger partial charge < -0.3 is 5.32 Å². The second-order valence-electron chi connectivity index (χ2n) is 5.37. The largest absolute Gasteiger partial charge is 0.304 e. The van der Waals surface area contributed by atoms with E-state index in [4.69, 9.17) is 28.5 Å². The van der Waals surface area contributed by atoms with Crippen molar-refractivity contribution < 1.29 is 9.18 Å². The number of amides is 1. The van der Waals surface area contributed by atoms with Gasteiger partial charge in [-0.05, 0) is 30.3 Å². The Balaban J connectivity index is 1.80. The number of benzene rings is 2. The van der Waals surface area contributed by atoms with Crippen LogP contribution in [0.3, 0.4) is 0 Å². The number of nitriles is 1. The first-order valence-electron chi connectivity index (χ1n) is 7.45. The van der Waals surface area contributed by atoms with Crippen LogP contribution < -0.4 is 5.32 Å². The zero-order chi connectivity index (χ0) is 18.7. The minimum absolute atomic E-state index is 0.0605. The number of nitrogens with one attached hydrogen (secondary N) is 1. The molecule has 0 aliphatic carbocycles. The quantitative estimate of drug-likeness (QED) is 0.714. The smallest absolute Gasteiger partial charge is 0.256 e. The third-order valence-corrected chi connectivity index (χ3v) is 4.22. The Kier molecular flexibility index (Phi) is 5.21. The molecule has 3 rings (SSSR count). The Morgan fingerprint density at radius 2 is 2.00 bits per heavy atom. The third-order valence-electron chi connectivity index (χ3n) is 3.58. The summed E-state index contributed by atoms with van der Waals surface area (Å²) < 4.78 is 15.3. The van der Waals surface area contributed by atoms with Crippen LogP contribution in [0.25, 0.3) is 0 Å². The molecule has 1 N–H and O–H groups in total. The Morgan fingerprint density at radius 3 is 2.73 bits per heavy atom. The summed E-state index contributed by atoms with van der Waals surface area (Å²) in [5.41, 5.74) is 0.934. The van der Waals surface area contributed by atoms with Crippen molar-refractivity contribution in [2.75, 3.05) is 5.32 Å². The molecular weight excluding hydrogens is 378 g/mol. The van der Waals surface area contributed by atoms with Gasteiger partial charge in [0.1, 0.15) is 10.8 Å². The maximum absolute atomic E-state index is 13.9. The fraction of sp³-hybridized carbons (Fsp3) is 0.0556. The average Bonchev–Trinajstić information content (AvgIpc) is 2.97. The molecule has 0 fully saturated rings. The lowest BCUT2D eigenvalue weighted by Gasteiger charge is -2.06. The van der Waals surface area contributed by atoms with Gasteiger partial charge in [-0.1, -0.05) is 35.3 Å². The maximum Gasteiger partial charge on any atom is 0.256 e. The summed E-state index contributed by atoms with van der Waals surface area (Å²) in [5.74, 6) is -0.785. The van der Waals surface area contributed by atoms with Crippen molar-refractivity contribution in [1.82, 2.24) is 9.78 Å². The van der Waals surface area contributed by atoms with Crippen LogP contribution in [0.1, 0.15) is 21.5 Å². The molecule has 0 aliphatic heterocycles. The van der Waals surface area contributed by atoms with Gasteiger partial charge in [-0.15, -0.1) is 0 Å². The fourth-order valence-electron chi connectivity index (χ4n) is 2.32. The Bertz CT molecular complexity index is 1010. The lowest BCUT2D eigenvalue weighted by atomic mass is 10.1. The molecule has 0 bridgehead atoms. The molecule has 0 aliphatic rings. The molecular formula is C18H11Cl2FN4O. The number of nitrogens with zero attached hydrogens (tertiary/aromatic N) is 3. The summed E-state index contributed by atoms with van der Waals surface area (Å²) in [7, 11) is 0. The van der Waals surface area contributed by atoms with Crippen LogP contribution in [0.2, 0.25) is 10.0 Å². The Labute approximate surface area is 158 Å². The van der Waals surface area contributed by atoms with Gasteiger partial charge in [0, 0.05) is 22.3 Å². The molecule has 5 nitrogen and oxygen atoms in total. The SMILES string of the molecule is N#Cc1cccc(C(=O)Nc2nn(Cc3c(F)cccc3Cl)cc2Cl)c1. The van der Waals surface area contributed by atoms with E-state index in [0.29, 0.717) is 11.1 Å². The first-order chi connectivity index (χ1) is 12.5. The monoisotopic (exact) mass is 388 g/mol. The van der Waals surface area contributed by atoms with E-state index in [1.54, 1.807) is 24.3 Å². The number of anilines is 1. The highest BCUT2D eigenvalue weighted by Gasteiger charge is 2.15. The molecule has 0 saturated carbocycles. The minimum Gasteiger partial charge on any atom is -0.304 e. The molecule has 1 aromatic heterocycles. The van der Waals surface area contributed by atoms with Crippen molar-refractivity contribution in [2.24, 2.45) is 0 Å². The molecule has 0 saturated heterocycles. The predicted molar refractivity (Wildman–Crippen MR) is 96.9 cm³/mol. The molecule has 0 atom stereocenters. The van der Waals surface area contributed by atoms with Crippen LogP contribution in [0.4, 0.5) is 10.2 Å². The number of halogens is 3. The van der Waals surface area contributed by atoms with Crippen LogP contribution in [-0.2, 0) is 6.54 Å². The first kappa shape index (κ1) is 17.9. The average molecular weight is 389 g/mol. The standard InChI is InChI=1S/C18H11Cl2FN4O/c19-14-5-2-6-16(21)13(14)9-25-10-15(20)17(24-25)23-18(26)12-4-1-3-11(7-12)8-22/h1-7,10H,9H2,(H,23,24,26). The number of rotatable bonds is 4. The molecule has 26 heavy (non-hydrogen) atoms. The highest BCUT2D eigenvalue weighted by molar-refractivity contribution is 6.33. The number of hydrogen-bond donors (Lipinski definition) is 1. The van der Waals surface area contributed by atoms with Gasteiger partial charge in [0.2, 0.25) is 0 Å². The summed E-state index contributed by atoms with van der Waals surface area (Å²) in [5, 5.41) is 16.1. The predicted octanol–water partition coefficient (Wildman–Crippen LogP) is 4.50. The van der Waals surface area contributed by atoms with Gasteiger partial charge in [-0.3, -0.25) is 9.48 Å². The van der Waals surface area contributed by atoms with Gasteiger partial charge in [0.15, 0.2) is 5.82 Å². The third kappa shape index (κ3) is 3.85. The summed E-state index contributed by atoms with van der Waals surface area (Å²) in [6, 6.07) is 12.6. The molecule has 0 radical (unpaired) electrons. The maximum atomic E-state index is 13.9. The van der Waals surface area contributed by atoms with Gasteiger partial charge in [0.05, 0.1) is 18.2 Å². The molecule has 3 aromatic rings. The summed E-state index contributed by atoms with van der Waals surface area (Å²) >= 11 is 12.1. The summed E-state index contributed by atoms with van der Waals surface area (Å²) in [4.78, 5) is 12.3. The van der Waals surface area contributed by atoms with Gasteiger partial charge in [-0.2, -0.15) is 10.4 Å². The van der Waals surface area contributed by atoms with Gasteiger partial charge >= 0.3 is 0 Å². The van der Waals surface area contributed by atoms with E-state index in [0.717, 1.165) is 0 Å². The van der Waals surface area contributed by atoms with E-state index in [1.807, 2.05) is 6.07 Å². The first-order valence-corrected chi connectivity index (χ1v) is 8.21. The zero-order valence-electron chi connectivity index (χ0n) is 13.2. The van der Waals surface area contributed by atoms with E-state index in [9.17, 15) is 9.18 Å². The van der Waals surface area contributed by atoms with Gasteiger partial charge in [0.25, 0.3) is 5.91 Å². The number of carbonyl (C=O) groups excluding carboxylic acids is 1. The molecule has 1 amide bonds. The van der Waals surface area contributed by atoms with Crippen LogP contribution >= 0.6 is 23.2 Å². The number of carbonyl (C=O) groups is 1. The normalized spacial score (nSPS) is 10.4. The fourth-order valence-corrected chi connectivity index (χ4v) is 2.74. The zero-order valence-corrected chi connectivity index (χ0v) is 14.7. The van der Waals surface area contributed by atoms with Crippen molar-refractivity contribution in [1.29, 1.82) is 5.26 Å².